The van der Waals surface area contributed by atoms with Gasteiger partial charge in [-0.2, -0.15) is 5.10 Å². The number of hydrazone groups is 1. The highest BCUT2D eigenvalue weighted by Crippen LogP contribution is 2.39. The van der Waals surface area contributed by atoms with Gasteiger partial charge in [0.1, 0.15) is 5.71 Å². The summed E-state index contributed by atoms with van der Waals surface area (Å²) in [6.45, 7) is 0.682. The highest BCUT2D eigenvalue weighted by Gasteiger charge is 2.35. The lowest BCUT2D eigenvalue weighted by Crippen LogP contribution is -2.45. The Bertz CT molecular complexity index is 779. The maximum atomic E-state index is 12.9. The summed E-state index contributed by atoms with van der Waals surface area (Å²) in [5.41, 5.74) is 4.09. The first-order valence-electron chi connectivity index (χ1n) is 7.50. The summed E-state index contributed by atoms with van der Waals surface area (Å²) in [5, 5.41) is 8.11. The minimum atomic E-state index is -0.130. The molecule has 2 aromatic heterocycles. The van der Waals surface area contributed by atoms with E-state index in [1.165, 1.54) is 10.4 Å². The standard InChI is InChI=1S/C16H15N3O2S2/c20-14-4-3-11(17-18-14)16(21)19-7-5-12-10(6-9-23-12)15(19)13-2-1-8-22-13/h1-2,6,8-9,15H,3-5,7H2,(H,18,20)/t15-/m0/s1. The molecule has 1 N–H and O–H groups in total. The maximum Gasteiger partial charge on any atom is 0.270 e. The van der Waals surface area contributed by atoms with Gasteiger partial charge in [-0.3, -0.25) is 9.59 Å². The molecule has 0 unspecified atom stereocenters. The molecule has 2 aliphatic rings. The molecule has 0 radical (unpaired) electrons. The predicted octanol–water partition coefficient (Wildman–Crippen LogP) is 2.55. The van der Waals surface area contributed by atoms with E-state index in [0.717, 1.165) is 11.3 Å². The minimum Gasteiger partial charge on any atom is -0.325 e. The van der Waals surface area contributed by atoms with Gasteiger partial charge in [0.05, 0.1) is 6.04 Å². The van der Waals surface area contributed by atoms with Crippen molar-refractivity contribution >= 4 is 40.2 Å². The Kier molecular flexibility index (Phi) is 3.74. The zero-order valence-corrected chi connectivity index (χ0v) is 14.0. The Labute approximate surface area is 141 Å². The molecule has 0 aliphatic carbocycles. The molecule has 2 amide bonds. The number of carbonyl (C=O) groups excluding carboxylic acids is 2. The van der Waals surface area contributed by atoms with Crippen LogP contribution in [0.15, 0.2) is 34.1 Å². The van der Waals surface area contributed by atoms with E-state index in [0.29, 0.717) is 25.1 Å². The van der Waals surface area contributed by atoms with Gasteiger partial charge in [-0.05, 0) is 34.9 Å². The van der Waals surface area contributed by atoms with Crippen molar-refractivity contribution in [1.29, 1.82) is 0 Å². The van der Waals surface area contributed by atoms with E-state index in [2.05, 4.69) is 28.0 Å². The molecule has 0 spiro atoms. The van der Waals surface area contributed by atoms with Crippen LogP contribution in [0.3, 0.4) is 0 Å². The van der Waals surface area contributed by atoms with E-state index in [9.17, 15) is 9.59 Å². The van der Waals surface area contributed by atoms with Gasteiger partial charge in [0.2, 0.25) is 5.91 Å². The third-order valence-corrected chi connectivity index (χ3v) is 6.11. The summed E-state index contributed by atoms with van der Waals surface area (Å²) in [6, 6.07) is 6.17. The minimum absolute atomic E-state index is 0.0437. The van der Waals surface area contributed by atoms with Crippen LogP contribution < -0.4 is 5.43 Å². The molecule has 0 saturated carbocycles. The van der Waals surface area contributed by atoms with Crippen molar-refractivity contribution in [1.82, 2.24) is 10.3 Å². The smallest absolute Gasteiger partial charge is 0.270 e. The van der Waals surface area contributed by atoms with Gasteiger partial charge in [0.25, 0.3) is 5.91 Å². The van der Waals surface area contributed by atoms with E-state index < -0.39 is 0 Å². The summed E-state index contributed by atoms with van der Waals surface area (Å²) < 4.78 is 0. The van der Waals surface area contributed by atoms with Crippen molar-refractivity contribution in [2.45, 2.75) is 25.3 Å². The van der Waals surface area contributed by atoms with Crippen molar-refractivity contribution in [3.8, 4) is 0 Å². The number of carbonyl (C=O) groups is 2. The van der Waals surface area contributed by atoms with Gasteiger partial charge in [0, 0.05) is 29.1 Å². The fourth-order valence-corrected chi connectivity index (χ4v) is 4.84. The van der Waals surface area contributed by atoms with Gasteiger partial charge in [-0.15, -0.1) is 22.7 Å². The topological polar surface area (TPSA) is 61.8 Å². The second kappa shape index (κ2) is 5.90. The third-order valence-electron chi connectivity index (χ3n) is 4.19. The van der Waals surface area contributed by atoms with Crippen molar-refractivity contribution in [3.05, 3.63) is 44.3 Å². The quantitative estimate of drug-likeness (QED) is 0.909. The molecule has 0 aromatic carbocycles. The van der Waals surface area contributed by atoms with E-state index >= 15 is 0 Å². The second-order valence-electron chi connectivity index (χ2n) is 5.56. The number of hydrogen-bond acceptors (Lipinski definition) is 5. The van der Waals surface area contributed by atoms with Crippen molar-refractivity contribution in [2.75, 3.05) is 6.54 Å². The Hall–Kier alpha value is -1.99. The van der Waals surface area contributed by atoms with E-state index in [1.807, 2.05) is 16.3 Å². The highest BCUT2D eigenvalue weighted by molar-refractivity contribution is 7.10. The summed E-state index contributed by atoms with van der Waals surface area (Å²) in [7, 11) is 0. The second-order valence-corrected chi connectivity index (χ2v) is 7.54. The van der Waals surface area contributed by atoms with Crippen LogP contribution >= 0.6 is 22.7 Å². The van der Waals surface area contributed by atoms with Crippen molar-refractivity contribution < 1.29 is 9.59 Å². The Morgan fingerprint density at radius 1 is 1.22 bits per heavy atom. The van der Waals surface area contributed by atoms with Crippen LogP contribution in [-0.4, -0.2) is 29.0 Å². The number of nitrogens with zero attached hydrogens (tertiary/aromatic N) is 2. The SMILES string of the molecule is O=C1CCC(C(=O)N2CCc3sccc3[C@H]2c2cccs2)=NN1. The van der Waals surface area contributed by atoms with Gasteiger partial charge < -0.3 is 4.90 Å². The summed E-state index contributed by atoms with van der Waals surface area (Å²) in [6.07, 6.45) is 1.61. The van der Waals surface area contributed by atoms with Crippen molar-refractivity contribution in [2.24, 2.45) is 5.10 Å². The van der Waals surface area contributed by atoms with Crippen molar-refractivity contribution in [3.63, 3.8) is 0 Å². The number of thiophene rings is 2. The third kappa shape index (κ3) is 2.60. The lowest BCUT2D eigenvalue weighted by molar-refractivity contribution is -0.126. The van der Waals surface area contributed by atoms with Gasteiger partial charge in [0.15, 0.2) is 0 Å². The van der Waals surface area contributed by atoms with Crippen LogP contribution in [0.5, 0.6) is 0 Å². The summed E-state index contributed by atoms with van der Waals surface area (Å²) in [5.74, 6) is -0.199. The molecule has 2 aromatic rings. The average Bonchev–Trinajstić information content (AvgIpc) is 3.25. The first-order valence-corrected chi connectivity index (χ1v) is 9.26. The van der Waals surface area contributed by atoms with E-state index in [4.69, 9.17) is 0 Å². The maximum absolute atomic E-state index is 12.9. The number of hydrogen-bond donors (Lipinski definition) is 1. The molecule has 1 atom stereocenters. The molecule has 0 saturated heterocycles. The average molecular weight is 345 g/mol. The first-order chi connectivity index (χ1) is 11.2. The monoisotopic (exact) mass is 345 g/mol. The zero-order valence-electron chi connectivity index (χ0n) is 12.3. The first kappa shape index (κ1) is 14.6. The number of fused-ring (bicyclic) bond motifs is 1. The molecule has 4 heterocycles. The molecule has 23 heavy (non-hydrogen) atoms. The molecular weight excluding hydrogens is 330 g/mol. The fraction of sp³-hybridized carbons (Fsp3) is 0.312. The fourth-order valence-electron chi connectivity index (χ4n) is 3.08. The van der Waals surface area contributed by atoms with E-state index in [1.54, 1.807) is 22.7 Å². The summed E-state index contributed by atoms with van der Waals surface area (Å²) >= 11 is 3.42. The largest absolute Gasteiger partial charge is 0.325 e. The van der Waals surface area contributed by atoms with Crippen LogP contribution in [0.4, 0.5) is 0 Å². The molecular formula is C16H15N3O2S2. The van der Waals surface area contributed by atoms with Crippen LogP contribution in [-0.2, 0) is 16.0 Å². The molecule has 5 nitrogen and oxygen atoms in total. The van der Waals surface area contributed by atoms with Gasteiger partial charge in [-0.25, -0.2) is 5.43 Å². The van der Waals surface area contributed by atoms with Gasteiger partial charge in [-0.1, -0.05) is 6.07 Å². The zero-order chi connectivity index (χ0) is 15.8. The number of amides is 2. The molecule has 0 fully saturated rings. The highest BCUT2D eigenvalue weighted by atomic mass is 32.1. The lowest BCUT2D eigenvalue weighted by Gasteiger charge is -2.36. The van der Waals surface area contributed by atoms with Crippen LogP contribution in [0.25, 0.3) is 0 Å². The molecule has 4 rings (SSSR count). The molecule has 7 heteroatoms. The summed E-state index contributed by atoms with van der Waals surface area (Å²) in [4.78, 5) is 28.6. The number of rotatable bonds is 2. The number of nitrogens with one attached hydrogen (secondary N) is 1. The van der Waals surface area contributed by atoms with Gasteiger partial charge >= 0.3 is 0 Å². The Morgan fingerprint density at radius 2 is 2.13 bits per heavy atom. The Morgan fingerprint density at radius 3 is 2.87 bits per heavy atom. The molecule has 118 valence electrons. The molecule has 2 aliphatic heterocycles. The normalized spacial score (nSPS) is 20.7. The predicted molar refractivity (Wildman–Crippen MR) is 90.7 cm³/mol. The lowest BCUT2D eigenvalue weighted by atomic mass is 9.97. The van der Waals surface area contributed by atoms with Crippen LogP contribution in [0, 0.1) is 0 Å². The Balaban J connectivity index is 1.70. The molecule has 0 bridgehead atoms. The van der Waals surface area contributed by atoms with Crippen LogP contribution in [0.1, 0.15) is 34.2 Å². The van der Waals surface area contributed by atoms with E-state index in [-0.39, 0.29) is 17.9 Å². The van der Waals surface area contributed by atoms with Crippen LogP contribution in [0.2, 0.25) is 0 Å².